The van der Waals surface area contributed by atoms with Crippen molar-refractivity contribution in [1.82, 2.24) is 10.2 Å². The van der Waals surface area contributed by atoms with Crippen molar-refractivity contribution in [3.05, 3.63) is 0 Å². The third-order valence-electron chi connectivity index (χ3n) is 5.29. The molecule has 0 spiro atoms. The highest BCUT2D eigenvalue weighted by Crippen LogP contribution is 2.37. The molecule has 0 aromatic heterocycles. The number of aliphatic carboxylic acids is 1. The Morgan fingerprint density at radius 2 is 1.92 bits per heavy atom. The van der Waals surface area contributed by atoms with Gasteiger partial charge in [-0.05, 0) is 18.8 Å². The van der Waals surface area contributed by atoms with Crippen molar-refractivity contribution >= 4 is 11.9 Å². The number of alkyl halides is 3. The van der Waals surface area contributed by atoms with E-state index in [1.165, 1.54) is 11.3 Å². The van der Waals surface area contributed by atoms with Gasteiger partial charge in [0.05, 0.1) is 31.1 Å². The molecule has 2 rings (SSSR count). The van der Waals surface area contributed by atoms with Crippen LogP contribution in [0.4, 0.5) is 13.2 Å². The van der Waals surface area contributed by atoms with Crippen molar-refractivity contribution < 1.29 is 32.6 Å². The second-order valence-electron chi connectivity index (χ2n) is 7.31. The molecule has 6 nitrogen and oxygen atoms in total. The van der Waals surface area contributed by atoms with E-state index in [1.807, 2.05) is 0 Å². The number of carbonyl (C=O) groups is 2. The minimum Gasteiger partial charge on any atom is -0.481 e. The van der Waals surface area contributed by atoms with E-state index in [2.05, 4.69) is 12.2 Å². The minimum atomic E-state index is -4.58. The lowest BCUT2D eigenvalue weighted by molar-refractivity contribution is -0.188. The third kappa shape index (κ3) is 5.84. The number of carboxylic acid groups (broad SMARTS) is 1. The first-order valence-electron chi connectivity index (χ1n) is 9.08. The molecule has 4 atom stereocenters. The van der Waals surface area contributed by atoms with Gasteiger partial charge >= 0.3 is 12.1 Å². The zero-order chi connectivity index (χ0) is 19.3. The second kappa shape index (κ2) is 9.03. The zero-order valence-electron chi connectivity index (χ0n) is 14.9. The van der Waals surface area contributed by atoms with E-state index in [0.29, 0.717) is 19.1 Å². The van der Waals surface area contributed by atoms with Crippen molar-refractivity contribution in [1.29, 1.82) is 0 Å². The number of nitrogens with one attached hydrogen (secondary N) is 1. The molecule has 1 saturated heterocycles. The molecule has 0 radical (unpaired) electrons. The normalized spacial score (nSPS) is 30.3. The SMILES string of the molecule is CC1CCCCC1OCCNC(=O)CN1C[C@@H](C(F)(F)F)[C@H](C(=O)O)C1. The van der Waals surface area contributed by atoms with Crippen LogP contribution >= 0.6 is 0 Å². The molecular weight excluding hydrogens is 353 g/mol. The Morgan fingerprint density at radius 1 is 1.23 bits per heavy atom. The molecule has 0 aromatic carbocycles. The summed E-state index contributed by atoms with van der Waals surface area (Å²) in [4.78, 5) is 24.2. The van der Waals surface area contributed by atoms with Gasteiger partial charge < -0.3 is 15.2 Å². The van der Waals surface area contributed by atoms with Gasteiger partial charge in [-0.1, -0.05) is 19.8 Å². The van der Waals surface area contributed by atoms with Crippen molar-refractivity contribution in [2.24, 2.45) is 17.8 Å². The average molecular weight is 380 g/mol. The molecule has 0 aromatic rings. The molecular formula is C17H27F3N2O4. The van der Waals surface area contributed by atoms with Gasteiger partial charge in [0.2, 0.25) is 5.91 Å². The standard InChI is InChI=1S/C17H27F3N2O4/c1-11-4-2-3-5-14(11)26-7-6-21-15(23)10-22-8-12(16(24)25)13(9-22)17(18,19)20/h11-14H,2-10H2,1H3,(H,21,23)(H,24,25)/t11?,12-,13-,14?/m1/s1. The first kappa shape index (κ1) is 21.0. The highest BCUT2D eigenvalue weighted by atomic mass is 19.4. The van der Waals surface area contributed by atoms with Crippen molar-refractivity contribution in [2.45, 2.75) is 44.9 Å². The predicted molar refractivity (Wildman–Crippen MR) is 87.5 cm³/mol. The molecule has 2 aliphatic rings. The minimum absolute atomic E-state index is 0.197. The fourth-order valence-corrected chi connectivity index (χ4v) is 3.79. The summed E-state index contributed by atoms with van der Waals surface area (Å²) in [6.07, 6.45) is 0.113. The van der Waals surface area contributed by atoms with Gasteiger partial charge in [-0.3, -0.25) is 14.5 Å². The number of hydrogen-bond acceptors (Lipinski definition) is 4. The van der Waals surface area contributed by atoms with Gasteiger partial charge in [0, 0.05) is 19.6 Å². The summed E-state index contributed by atoms with van der Waals surface area (Å²) >= 11 is 0. The Bertz CT molecular complexity index is 501. The van der Waals surface area contributed by atoms with E-state index < -0.39 is 36.4 Å². The molecule has 1 aliphatic carbocycles. The number of hydrogen-bond donors (Lipinski definition) is 2. The van der Waals surface area contributed by atoms with Crippen LogP contribution in [0, 0.1) is 17.8 Å². The Hall–Kier alpha value is -1.35. The van der Waals surface area contributed by atoms with Crippen LogP contribution in [0.25, 0.3) is 0 Å². The number of carbonyl (C=O) groups excluding carboxylic acids is 1. The Morgan fingerprint density at radius 3 is 2.50 bits per heavy atom. The fourth-order valence-electron chi connectivity index (χ4n) is 3.79. The maximum absolute atomic E-state index is 12.9. The molecule has 1 aliphatic heterocycles. The number of rotatable bonds is 7. The smallest absolute Gasteiger partial charge is 0.393 e. The summed E-state index contributed by atoms with van der Waals surface area (Å²) in [6.45, 7) is 1.82. The molecule has 2 fully saturated rings. The van der Waals surface area contributed by atoms with Crippen LogP contribution in [0.3, 0.4) is 0 Å². The van der Waals surface area contributed by atoms with Crippen LogP contribution in [-0.4, -0.2) is 66.9 Å². The van der Waals surface area contributed by atoms with Crippen LogP contribution in [0.1, 0.15) is 32.6 Å². The lowest BCUT2D eigenvalue weighted by Gasteiger charge is -2.28. The second-order valence-corrected chi connectivity index (χ2v) is 7.31. The molecule has 150 valence electrons. The number of amides is 1. The Balaban J connectivity index is 1.70. The van der Waals surface area contributed by atoms with Gasteiger partial charge in [0.25, 0.3) is 0 Å². The molecule has 1 heterocycles. The maximum atomic E-state index is 12.9. The van der Waals surface area contributed by atoms with Crippen molar-refractivity contribution in [2.75, 3.05) is 32.8 Å². The lowest BCUT2D eigenvalue weighted by Crippen LogP contribution is -2.39. The van der Waals surface area contributed by atoms with Gasteiger partial charge in [-0.2, -0.15) is 13.2 Å². The van der Waals surface area contributed by atoms with Crippen LogP contribution in [0.5, 0.6) is 0 Å². The zero-order valence-corrected chi connectivity index (χ0v) is 14.9. The monoisotopic (exact) mass is 380 g/mol. The maximum Gasteiger partial charge on any atom is 0.393 e. The highest BCUT2D eigenvalue weighted by Gasteiger charge is 2.52. The summed E-state index contributed by atoms with van der Waals surface area (Å²) in [5.74, 6) is -4.87. The summed E-state index contributed by atoms with van der Waals surface area (Å²) in [5.41, 5.74) is 0. The molecule has 2 N–H and O–H groups in total. The summed E-state index contributed by atoms with van der Waals surface area (Å²) in [5, 5.41) is 11.6. The van der Waals surface area contributed by atoms with Gasteiger partial charge in [-0.15, -0.1) is 0 Å². The van der Waals surface area contributed by atoms with Crippen LogP contribution in [0.2, 0.25) is 0 Å². The number of likely N-dealkylation sites (tertiary alicyclic amines) is 1. The van der Waals surface area contributed by atoms with Crippen LogP contribution in [-0.2, 0) is 14.3 Å². The molecule has 0 bridgehead atoms. The summed E-state index contributed by atoms with van der Waals surface area (Å²) in [7, 11) is 0. The average Bonchev–Trinajstić information content (AvgIpc) is 2.97. The number of ether oxygens (including phenoxy) is 1. The number of halogens is 3. The molecule has 26 heavy (non-hydrogen) atoms. The topological polar surface area (TPSA) is 78.9 Å². The fraction of sp³-hybridized carbons (Fsp3) is 0.882. The molecule has 1 saturated carbocycles. The number of carboxylic acids is 1. The third-order valence-corrected chi connectivity index (χ3v) is 5.29. The van der Waals surface area contributed by atoms with E-state index >= 15 is 0 Å². The van der Waals surface area contributed by atoms with Gasteiger partial charge in [0.1, 0.15) is 0 Å². The molecule has 9 heteroatoms. The first-order chi connectivity index (χ1) is 12.2. The Kier molecular flexibility index (Phi) is 7.28. The van der Waals surface area contributed by atoms with E-state index in [9.17, 15) is 22.8 Å². The Labute approximate surface area is 151 Å². The summed E-state index contributed by atoms with van der Waals surface area (Å²) in [6, 6.07) is 0. The largest absolute Gasteiger partial charge is 0.481 e. The van der Waals surface area contributed by atoms with Crippen molar-refractivity contribution in [3.63, 3.8) is 0 Å². The van der Waals surface area contributed by atoms with E-state index in [0.717, 1.165) is 19.3 Å². The summed E-state index contributed by atoms with van der Waals surface area (Å²) < 4.78 is 44.6. The quantitative estimate of drug-likeness (QED) is 0.660. The van der Waals surface area contributed by atoms with E-state index in [1.54, 1.807) is 0 Å². The lowest BCUT2D eigenvalue weighted by atomic mass is 9.88. The first-order valence-corrected chi connectivity index (χ1v) is 9.08. The van der Waals surface area contributed by atoms with E-state index in [-0.39, 0.29) is 19.2 Å². The van der Waals surface area contributed by atoms with Crippen LogP contribution < -0.4 is 5.32 Å². The molecule has 2 unspecified atom stereocenters. The molecule has 1 amide bonds. The van der Waals surface area contributed by atoms with Gasteiger partial charge in [0.15, 0.2) is 0 Å². The van der Waals surface area contributed by atoms with Crippen molar-refractivity contribution in [3.8, 4) is 0 Å². The van der Waals surface area contributed by atoms with Crippen LogP contribution in [0.15, 0.2) is 0 Å². The number of nitrogens with zero attached hydrogens (tertiary/aromatic N) is 1. The van der Waals surface area contributed by atoms with E-state index in [4.69, 9.17) is 9.84 Å². The highest BCUT2D eigenvalue weighted by molar-refractivity contribution is 5.78. The predicted octanol–water partition coefficient (Wildman–Crippen LogP) is 1.89. The van der Waals surface area contributed by atoms with Gasteiger partial charge in [-0.25, -0.2) is 0 Å².